The molecule has 0 bridgehead atoms. The summed E-state index contributed by atoms with van der Waals surface area (Å²) in [6.07, 6.45) is 4.39. The summed E-state index contributed by atoms with van der Waals surface area (Å²) >= 11 is 0. The first-order chi connectivity index (χ1) is 13.2. The standard InChI is InChI=1S/C22H23N3O2/c26-21-13-12-20(19-11-7-9-17-8-3-4-10-18(17)19)23-25(21)16-22(27)24-14-5-1-2-6-15-24/h3-4,7-13H,1-2,5-6,14-16H2. The van der Waals surface area contributed by atoms with Gasteiger partial charge in [0.1, 0.15) is 6.54 Å². The number of fused-ring (bicyclic) bond motifs is 1. The van der Waals surface area contributed by atoms with Crippen LogP contribution in [0.25, 0.3) is 22.0 Å². The van der Waals surface area contributed by atoms with Gasteiger partial charge in [-0.2, -0.15) is 5.10 Å². The molecule has 1 aromatic heterocycles. The van der Waals surface area contributed by atoms with Gasteiger partial charge in [0.15, 0.2) is 0 Å². The topological polar surface area (TPSA) is 55.2 Å². The van der Waals surface area contributed by atoms with Gasteiger partial charge in [-0.3, -0.25) is 9.59 Å². The molecule has 1 aliphatic heterocycles. The second-order valence-electron chi connectivity index (χ2n) is 7.04. The van der Waals surface area contributed by atoms with Gasteiger partial charge in [-0.05, 0) is 29.7 Å². The molecule has 0 saturated carbocycles. The van der Waals surface area contributed by atoms with Crippen molar-refractivity contribution in [2.75, 3.05) is 13.1 Å². The van der Waals surface area contributed by atoms with Crippen molar-refractivity contribution in [3.63, 3.8) is 0 Å². The Bertz CT molecular complexity index is 1010. The Balaban J connectivity index is 1.65. The summed E-state index contributed by atoms with van der Waals surface area (Å²) in [6, 6.07) is 17.4. The molecule has 1 aliphatic rings. The van der Waals surface area contributed by atoms with Crippen molar-refractivity contribution in [2.45, 2.75) is 32.2 Å². The normalized spacial score (nSPS) is 14.9. The van der Waals surface area contributed by atoms with Gasteiger partial charge in [0, 0.05) is 24.7 Å². The first-order valence-electron chi connectivity index (χ1n) is 9.56. The van der Waals surface area contributed by atoms with E-state index in [0.717, 1.165) is 42.3 Å². The molecule has 0 spiro atoms. The van der Waals surface area contributed by atoms with E-state index in [0.29, 0.717) is 5.69 Å². The Labute approximate surface area is 158 Å². The molecule has 5 nitrogen and oxygen atoms in total. The first kappa shape index (κ1) is 17.5. The van der Waals surface area contributed by atoms with E-state index in [1.165, 1.54) is 23.6 Å². The number of likely N-dealkylation sites (tertiary alicyclic amines) is 1. The van der Waals surface area contributed by atoms with Crippen molar-refractivity contribution in [3.8, 4) is 11.3 Å². The summed E-state index contributed by atoms with van der Waals surface area (Å²) in [5.41, 5.74) is 1.42. The Hall–Kier alpha value is -2.95. The monoisotopic (exact) mass is 361 g/mol. The van der Waals surface area contributed by atoms with Crippen LogP contribution in [0.4, 0.5) is 0 Å². The third-order valence-electron chi connectivity index (χ3n) is 5.18. The predicted molar refractivity (Wildman–Crippen MR) is 106 cm³/mol. The average Bonchev–Trinajstić information content (AvgIpc) is 2.99. The lowest BCUT2D eigenvalue weighted by molar-refractivity contribution is -0.132. The molecule has 1 amide bonds. The second-order valence-corrected chi connectivity index (χ2v) is 7.04. The number of carbonyl (C=O) groups is 1. The minimum Gasteiger partial charge on any atom is -0.341 e. The summed E-state index contributed by atoms with van der Waals surface area (Å²) in [5, 5.41) is 6.71. The van der Waals surface area contributed by atoms with Crippen LogP contribution in [0, 0.1) is 0 Å². The van der Waals surface area contributed by atoms with Crippen molar-refractivity contribution >= 4 is 16.7 Å². The van der Waals surface area contributed by atoms with Gasteiger partial charge < -0.3 is 4.90 Å². The minimum absolute atomic E-state index is 0.00254. The summed E-state index contributed by atoms with van der Waals surface area (Å²) in [7, 11) is 0. The van der Waals surface area contributed by atoms with Crippen molar-refractivity contribution in [3.05, 3.63) is 65.0 Å². The number of benzene rings is 2. The van der Waals surface area contributed by atoms with Crippen LogP contribution in [-0.4, -0.2) is 33.7 Å². The number of aromatic nitrogens is 2. The molecule has 138 valence electrons. The quantitative estimate of drug-likeness (QED) is 0.718. The molecule has 5 heteroatoms. The number of carbonyl (C=O) groups excluding carboxylic acids is 1. The number of amides is 1. The SMILES string of the molecule is O=C(Cn1nc(-c2cccc3ccccc23)ccc1=O)N1CCCCCC1. The Morgan fingerprint density at radius 2 is 1.63 bits per heavy atom. The van der Waals surface area contributed by atoms with Crippen LogP contribution in [0.5, 0.6) is 0 Å². The maximum Gasteiger partial charge on any atom is 0.267 e. The molecule has 0 atom stereocenters. The van der Waals surface area contributed by atoms with E-state index in [1.54, 1.807) is 6.07 Å². The molecule has 0 unspecified atom stereocenters. The molecule has 1 saturated heterocycles. The van der Waals surface area contributed by atoms with Crippen LogP contribution in [0.15, 0.2) is 59.4 Å². The summed E-state index contributed by atoms with van der Waals surface area (Å²) < 4.78 is 1.30. The summed E-state index contributed by atoms with van der Waals surface area (Å²) in [6.45, 7) is 1.55. The number of hydrogen-bond donors (Lipinski definition) is 0. The highest BCUT2D eigenvalue weighted by Crippen LogP contribution is 2.26. The van der Waals surface area contributed by atoms with Gasteiger partial charge in [-0.15, -0.1) is 0 Å². The van der Waals surface area contributed by atoms with Gasteiger partial charge in [-0.25, -0.2) is 4.68 Å². The van der Waals surface area contributed by atoms with Gasteiger partial charge in [0.25, 0.3) is 5.56 Å². The van der Waals surface area contributed by atoms with E-state index in [9.17, 15) is 9.59 Å². The molecule has 4 rings (SSSR count). The zero-order valence-corrected chi connectivity index (χ0v) is 15.3. The molecule has 3 aromatic rings. The molecule has 2 heterocycles. The third kappa shape index (κ3) is 3.77. The maximum absolute atomic E-state index is 12.7. The van der Waals surface area contributed by atoms with Gasteiger partial charge in [-0.1, -0.05) is 55.3 Å². The Morgan fingerprint density at radius 3 is 2.44 bits per heavy atom. The maximum atomic E-state index is 12.7. The highest BCUT2D eigenvalue weighted by molar-refractivity contribution is 5.95. The zero-order valence-electron chi connectivity index (χ0n) is 15.3. The highest BCUT2D eigenvalue weighted by Gasteiger charge is 2.17. The highest BCUT2D eigenvalue weighted by atomic mass is 16.2. The van der Waals surface area contributed by atoms with E-state index < -0.39 is 0 Å². The summed E-state index contributed by atoms with van der Waals surface area (Å²) in [5.74, 6) is -0.0263. The molecule has 2 aromatic carbocycles. The third-order valence-corrected chi connectivity index (χ3v) is 5.18. The first-order valence-corrected chi connectivity index (χ1v) is 9.56. The van der Waals surface area contributed by atoms with Crippen molar-refractivity contribution < 1.29 is 4.79 Å². The van der Waals surface area contributed by atoms with Crippen LogP contribution in [0.2, 0.25) is 0 Å². The summed E-state index contributed by atoms with van der Waals surface area (Å²) in [4.78, 5) is 26.8. The lowest BCUT2D eigenvalue weighted by Gasteiger charge is -2.20. The van der Waals surface area contributed by atoms with E-state index >= 15 is 0 Å². The van der Waals surface area contributed by atoms with Gasteiger partial charge in [0.2, 0.25) is 5.91 Å². The van der Waals surface area contributed by atoms with Gasteiger partial charge >= 0.3 is 0 Å². The van der Waals surface area contributed by atoms with E-state index in [-0.39, 0.29) is 18.0 Å². The fourth-order valence-electron chi connectivity index (χ4n) is 3.70. The molecular weight excluding hydrogens is 338 g/mol. The Kier molecular flexibility index (Phi) is 5.01. The fraction of sp³-hybridized carbons (Fsp3) is 0.318. The number of nitrogens with zero attached hydrogens (tertiary/aromatic N) is 3. The lowest BCUT2D eigenvalue weighted by Crippen LogP contribution is -2.37. The number of hydrogen-bond acceptors (Lipinski definition) is 3. The van der Waals surface area contributed by atoms with E-state index in [1.807, 2.05) is 35.2 Å². The van der Waals surface area contributed by atoms with Crippen LogP contribution >= 0.6 is 0 Å². The second kappa shape index (κ2) is 7.74. The largest absolute Gasteiger partial charge is 0.341 e. The number of rotatable bonds is 3. The lowest BCUT2D eigenvalue weighted by atomic mass is 10.0. The van der Waals surface area contributed by atoms with Crippen LogP contribution in [0.3, 0.4) is 0 Å². The van der Waals surface area contributed by atoms with Crippen LogP contribution < -0.4 is 5.56 Å². The molecule has 27 heavy (non-hydrogen) atoms. The average molecular weight is 361 g/mol. The predicted octanol–water partition coefficient (Wildman–Crippen LogP) is 3.47. The van der Waals surface area contributed by atoms with Crippen LogP contribution in [-0.2, 0) is 11.3 Å². The smallest absolute Gasteiger partial charge is 0.267 e. The molecule has 0 N–H and O–H groups in total. The van der Waals surface area contributed by atoms with Crippen molar-refractivity contribution in [1.29, 1.82) is 0 Å². The fourth-order valence-corrected chi connectivity index (χ4v) is 3.70. The molecule has 0 radical (unpaired) electrons. The van der Waals surface area contributed by atoms with Crippen LogP contribution in [0.1, 0.15) is 25.7 Å². The van der Waals surface area contributed by atoms with Gasteiger partial charge in [0.05, 0.1) is 5.69 Å². The molecule has 1 fully saturated rings. The molecular formula is C22H23N3O2. The molecule has 0 aliphatic carbocycles. The Morgan fingerprint density at radius 1 is 0.889 bits per heavy atom. The van der Waals surface area contributed by atoms with Crippen molar-refractivity contribution in [2.24, 2.45) is 0 Å². The minimum atomic E-state index is -0.248. The van der Waals surface area contributed by atoms with E-state index in [4.69, 9.17) is 0 Å². The van der Waals surface area contributed by atoms with E-state index in [2.05, 4.69) is 17.2 Å². The zero-order chi connectivity index (χ0) is 18.6. The van der Waals surface area contributed by atoms with Crippen molar-refractivity contribution in [1.82, 2.24) is 14.7 Å².